The molecule has 3 rings (SSSR count). The summed E-state index contributed by atoms with van der Waals surface area (Å²) in [5.41, 5.74) is 0. The number of esters is 1. The maximum absolute atomic E-state index is 11.8. The summed E-state index contributed by atoms with van der Waals surface area (Å²) in [6.07, 6.45) is 5.45. The Morgan fingerprint density at radius 2 is 2.17 bits per heavy atom. The van der Waals surface area contributed by atoms with Crippen molar-refractivity contribution in [2.75, 3.05) is 0 Å². The zero-order valence-electron chi connectivity index (χ0n) is 10.4. The Morgan fingerprint density at radius 3 is 2.83 bits per heavy atom. The lowest BCUT2D eigenvalue weighted by Gasteiger charge is -2.28. The Bertz CT molecular complexity index is 392. The molecule has 98 valence electrons. The van der Waals surface area contributed by atoms with Crippen molar-refractivity contribution in [3.63, 3.8) is 0 Å². The molecule has 0 spiro atoms. The summed E-state index contributed by atoms with van der Waals surface area (Å²) < 4.78 is 5.33. The van der Waals surface area contributed by atoms with Crippen LogP contribution in [0.5, 0.6) is 0 Å². The van der Waals surface area contributed by atoms with Gasteiger partial charge < -0.3 is 10.1 Å². The van der Waals surface area contributed by atoms with Gasteiger partial charge in [-0.15, -0.1) is 11.3 Å². The molecule has 1 aromatic heterocycles. The van der Waals surface area contributed by atoms with Crippen LogP contribution < -0.4 is 5.32 Å². The van der Waals surface area contributed by atoms with Gasteiger partial charge in [-0.1, -0.05) is 6.07 Å². The molecule has 3 nitrogen and oxygen atoms in total. The number of fused-ring (bicyclic) bond motifs is 2. The largest absolute Gasteiger partial charge is 0.460 e. The Kier molecular flexibility index (Phi) is 3.66. The first-order valence-electron chi connectivity index (χ1n) is 6.73. The van der Waals surface area contributed by atoms with Crippen LogP contribution in [-0.4, -0.2) is 18.1 Å². The molecule has 3 heterocycles. The van der Waals surface area contributed by atoms with E-state index in [1.807, 2.05) is 17.5 Å². The first-order valence-corrected chi connectivity index (χ1v) is 7.61. The summed E-state index contributed by atoms with van der Waals surface area (Å²) in [5, 5.41) is 5.61. The summed E-state index contributed by atoms with van der Waals surface area (Å²) in [5.74, 6) is 0.495. The van der Waals surface area contributed by atoms with E-state index in [0.717, 1.165) is 17.7 Å². The fourth-order valence-electron chi connectivity index (χ4n) is 3.18. The van der Waals surface area contributed by atoms with Crippen LogP contribution in [0, 0.1) is 5.92 Å². The minimum atomic E-state index is -0.0327. The van der Waals surface area contributed by atoms with Crippen molar-refractivity contribution in [3.05, 3.63) is 22.4 Å². The molecule has 0 aliphatic carbocycles. The van der Waals surface area contributed by atoms with Crippen LogP contribution in [0.25, 0.3) is 0 Å². The number of piperidine rings is 1. The summed E-state index contributed by atoms with van der Waals surface area (Å²) in [4.78, 5) is 12.9. The fraction of sp³-hybridized carbons (Fsp3) is 0.643. The molecular formula is C14H19NO2S. The molecule has 0 aromatic carbocycles. The molecular weight excluding hydrogens is 246 g/mol. The van der Waals surface area contributed by atoms with Gasteiger partial charge in [-0.05, 0) is 43.0 Å². The Morgan fingerprint density at radius 1 is 1.39 bits per heavy atom. The molecule has 2 fully saturated rings. The highest BCUT2D eigenvalue weighted by Gasteiger charge is 2.34. The van der Waals surface area contributed by atoms with E-state index in [1.165, 1.54) is 12.8 Å². The van der Waals surface area contributed by atoms with E-state index in [0.29, 0.717) is 31.0 Å². The molecule has 0 amide bonds. The van der Waals surface area contributed by atoms with Gasteiger partial charge in [-0.2, -0.15) is 0 Å². The number of hydrogen-bond donors (Lipinski definition) is 1. The van der Waals surface area contributed by atoms with Gasteiger partial charge in [0.05, 0.1) is 0 Å². The second-order valence-electron chi connectivity index (χ2n) is 5.42. The monoisotopic (exact) mass is 265 g/mol. The van der Waals surface area contributed by atoms with E-state index < -0.39 is 0 Å². The van der Waals surface area contributed by atoms with Crippen molar-refractivity contribution < 1.29 is 9.53 Å². The maximum atomic E-state index is 11.8. The first-order chi connectivity index (χ1) is 8.79. The van der Waals surface area contributed by atoms with Crippen molar-refractivity contribution >= 4 is 17.3 Å². The van der Waals surface area contributed by atoms with Crippen LogP contribution in [-0.2, 0) is 16.1 Å². The van der Waals surface area contributed by atoms with E-state index in [2.05, 4.69) is 5.32 Å². The summed E-state index contributed by atoms with van der Waals surface area (Å²) in [6, 6.07) is 5.29. The number of ether oxygens (including phenoxy) is 1. The lowest BCUT2D eigenvalue weighted by Crippen LogP contribution is -2.38. The molecule has 0 radical (unpaired) electrons. The first kappa shape index (κ1) is 12.2. The van der Waals surface area contributed by atoms with E-state index in [1.54, 1.807) is 11.3 Å². The van der Waals surface area contributed by atoms with Crippen LogP contribution in [0.3, 0.4) is 0 Å². The highest BCUT2D eigenvalue weighted by molar-refractivity contribution is 7.09. The number of carbonyl (C=O) groups excluding carboxylic acids is 1. The molecule has 0 saturated carbocycles. The molecule has 2 bridgehead atoms. The van der Waals surface area contributed by atoms with Crippen molar-refractivity contribution in [1.29, 1.82) is 0 Å². The third-order valence-corrected chi connectivity index (χ3v) is 4.83. The van der Waals surface area contributed by atoms with Crippen molar-refractivity contribution in [1.82, 2.24) is 5.32 Å². The van der Waals surface area contributed by atoms with Crippen LogP contribution >= 0.6 is 11.3 Å². The molecule has 18 heavy (non-hydrogen) atoms. The number of carbonyl (C=O) groups is 1. The van der Waals surface area contributed by atoms with Crippen LogP contribution in [0.2, 0.25) is 0 Å². The molecule has 2 atom stereocenters. The summed E-state index contributed by atoms with van der Waals surface area (Å²) in [7, 11) is 0. The molecule has 2 unspecified atom stereocenters. The number of nitrogens with one attached hydrogen (secondary N) is 1. The van der Waals surface area contributed by atoms with Gasteiger partial charge in [0.25, 0.3) is 0 Å². The molecule has 1 N–H and O–H groups in total. The average Bonchev–Trinajstić information content (AvgIpc) is 2.97. The van der Waals surface area contributed by atoms with Crippen molar-refractivity contribution in [2.45, 2.75) is 50.8 Å². The lowest BCUT2D eigenvalue weighted by atomic mass is 9.90. The fourth-order valence-corrected chi connectivity index (χ4v) is 3.80. The van der Waals surface area contributed by atoms with E-state index >= 15 is 0 Å². The van der Waals surface area contributed by atoms with E-state index in [-0.39, 0.29) is 5.97 Å². The Hall–Kier alpha value is -0.870. The molecule has 4 heteroatoms. The van der Waals surface area contributed by atoms with Crippen LogP contribution in [0.15, 0.2) is 17.5 Å². The smallest absolute Gasteiger partial charge is 0.306 e. The number of hydrogen-bond acceptors (Lipinski definition) is 4. The Labute approximate surface area is 112 Å². The van der Waals surface area contributed by atoms with Gasteiger partial charge in [-0.3, -0.25) is 4.79 Å². The highest BCUT2D eigenvalue weighted by atomic mass is 32.1. The van der Waals surface area contributed by atoms with Gasteiger partial charge >= 0.3 is 5.97 Å². The predicted molar refractivity (Wildman–Crippen MR) is 71.4 cm³/mol. The van der Waals surface area contributed by atoms with Gasteiger partial charge in [0.2, 0.25) is 0 Å². The lowest BCUT2D eigenvalue weighted by molar-refractivity contribution is -0.146. The number of thiophene rings is 1. The number of rotatable bonds is 4. The predicted octanol–water partition coefficient (Wildman–Crippen LogP) is 2.71. The average molecular weight is 265 g/mol. The van der Waals surface area contributed by atoms with Crippen molar-refractivity contribution in [3.8, 4) is 0 Å². The van der Waals surface area contributed by atoms with Crippen molar-refractivity contribution in [2.24, 2.45) is 5.92 Å². The minimum absolute atomic E-state index is 0.0327. The normalized spacial score (nSPS) is 30.3. The second-order valence-corrected chi connectivity index (χ2v) is 6.45. The minimum Gasteiger partial charge on any atom is -0.460 e. The standard InChI is InChI=1S/C14H19NO2S/c16-14(17-9-13-2-1-5-18-13)8-10-6-11-3-4-12(7-10)15-11/h1-2,5,10-12,15H,3-4,6-9H2. The highest BCUT2D eigenvalue weighted by Crippen LogP contribution is 2.32. The molecule has 1 aromatic rings. The third kappa shape index (κ3) is 2.93. The van der Waals surface area contributed by atoms with E-state index in [4.69, 9.17) is 4.74 Å². The topological polar surface area (TPSA) is 38.3 Å². The SMILES string of the molecule is O=C(CC1CC2CCC(C1)N2)OCc1cccs1. The quantitative estimate of drug-likeness (QED) is 0.851. The molecule has 2 aliphatic rings. The third-order valence-electron chi connectivity index (χ3n) is 3.98. The van der Waals surface area contributed by atoms with Gasteiger partial charge in [-0.25, -0.2) is 0 Å². The molecule has 2 aliphatic heterocycles. The Balaban J connectivity index is 1.43. The summed E-state index contributed by atoms with van der Waals surface area (Å²) in [6.45, 7) is 0.439. The van der Waals surface area contributed by atoms with Gasteiger partial charge in [0.1, 0.15) is 6.61 Å². The second kappa shape index (κ2) is 5.41. The van der Waals surface area contributed by atoms with Gasteiger partial charge in [0.15, 0.2) is 0 Å². The summed E-state index contributed by atoms with van der Waals surface area (Å²) >= 11 is 1.63. The zero-order chi connectivity index (χ0) is 12.4. The van der Waals surface area contributed by atoms with Gasteiger partial charge in [0, 0.05) is 23.4 Å². The zero-order valence-corrected chi connectivity index (χ0v) is 11.2. The van der Waals surface area contributed by atoms with E-state index in [9.17, 15) is 4.79 Å². The maximum Gasteiger partial charge on any atom is 0.306 e. The van der Waals surface area contributed by atoms with Crippen LogP contribution in [0.1, 0.15) is 37.0 Å². The van der Waals surface area contributed by atoms with Crippen LogP contribution in [0.4, 0.5) is 0 Å². The molecule has 2 saturated heterocycles.